The molecule has 0 saturated carbocycles. The van der Waals surface area contributed by atoms with Crippen molar-refractivity contribution in [2.75, 3.05) is 12.3 Å². The minimum Gasteiger partial charge on any atom is -0.488 e. The lowest BCUT2D eigenvalue weighted by Gasteiger charge is -2.12. The highest BCUT2D eigenvalue weighted by molar-refractivity contribution is 9.10. The third kappa shape index (κ3) is 3.00. The number of rotatable bonds is 3. The van der Waals surface area contributed by atoms with E-state index in [0.29, 0.717) is 16.6 Å². The first kappa shape index (κ1) is 13.9. The number of nitrogen functional groups attached to an aromatic ring is 1. The summed E-state index contributed by atoms with van der Waals surface area (Å²) >= 11 is 3.28. The van der Waals surface area contributed by atoms with Crippen LogP contribution >= 0.6 is 15.9 Å². The number of hydrogen-bond acceptors (Lipinski definition) is 4. The maximum atomic E-state index is 12.1. The molecule has 3 rings (SSSR count). The lowest BCUT2D eigenvalue weighted by atomic mass is 10.1. The largest absolute Gasteiger partial charge is 0.488 e. The number of ether oxygens (including phenoxy) is 1. The van der Waals surface area contributed by atoms with Gasteiger partial charge in [-0.05, 0) is 33.6 Å². The molecule has 21 heavy (non-hydrogen) atoms. The zero-order chi connectivity index (χ0) is 14.8. The van der Waals surface area contributed by atoms with E-state index >= 15 is 0 Å². The van der Waals surface area contributed by atoms with Crippen LogP contribution in [0.4, 0.5) is 5.82 Å². The topological polar surface area (TPSA) is 77.2 Å². The Morgan fingerprint density at radius 2 is 2.29 bits per heavy atom. The van der Waals surface area contributed by atoms with Gasteiger partial charge < -0.3 is 15.8 Å². The molecular weight excluding hydrogens is 334 g/mol. The predicted molar refractivity (Wildman–Crippen MR) is 83.2 cm³/mol. The first-order valence-corrected chi connectivity index (χ1v) is 7.36. The molecule has 1 aliphatic rings. The Morgan fingerprint density at radius 1 is 1.48 bits per heavy atom. The number of nitrogens with one attached hydrogen (secondary N) is 1. The fraction of sp³-hybridized carbons (Fsp3) is 0.200. The van der Waals surface area contributed by atoms with Crippen LogP contribution in [0.1, 0.15) is 15.9 Å². The second-order valence-electron chi connectivity index (χ2n) is 4.85. The summed E-state index contributed by atoms with van der Waals surface area (Å²) in [5.74, 6) is 0.854. The summed E-state index contributed by atoms with van der Waals surface area (Å²) in [4.78, 5) is 16.1. The minimum atomic E-state index is -0.249. The first-order valence-electron chi connectivity index (χ1n) is 6.57. The number of amides is 1. The molecular formula is C15H14BrN3O2. The zero-order valence-electron chi connectivity index (χ0n) is 11.2. The molecule has 3 N–H and O–H groups in total. The van der Waals surface area contributed by atoms with Crippen molar-refractivity contribution in [2.45, 2.75) is 12.5 Å². The van der Waals surface area contributed by atoms with Gasteiger partial charge in [0.25, 0.3) is 5.91 Å². The summed E-state index contributed by atoms with van der Waals surface area (Å²) in [5, 5.41) is 2.84. The normalized spacial score (nSPS) is 16.1. The van der Waals surface area contributed by atoms with E-state index in [4.69, 9.17) is 10.5 Å². The molecule has 6 heteroatoms. The zero-order valence-corrected chi connectivity index (χ0v) is 12.8. The van der Waals surface area contributed by atoms with Crippen molar-refractivity contribution >= 4 is 27.7 Å². The SMILES string of the molecule is Nc1ncc(Br)cc1C(=O)NCC1Cc2ccccc2O1. The number of nitrogens with zero attached hydrogens (tertiary/aromatic N) is 1. The molecule has 2 aromatic rings. The second-order valence-corrected chi connectivity index (χ2v) is 5.76. The van der Waals surface area contributed by atoms with Gasteiger partial charge in [-0.2, -0.15) is 0 Å². The van der Waals surface area contributed by atoms with E-state index < -0.39 is 0 Å². The van der Waals surface area contributed by atoms with Gasteiger partial charge in [0.1, 0.15) is 17.7 Å². The van der Waals surface area contributed by atoms with Crippen molar-refractivity contribution in [3.63, 3.8) is 0 Å². The van der Waals surface area contributed by atoms with Gasteiger partial charge in [0.05, 0.1) is 12.1 Å². The Bertz CT molecular complexity index is 665. The van der Waals surface area contributed by atoms with Gasteiger partial charge in [-0.1, -0.05) is 18.2 Å². The highest BCUT2D eigenvalue weighted by atomic mass is 79.9. The average molecular weight is 348 g/mol. The van der Waals surface area contributed by atoms with Crippen LogP contribution < -0.4 is 15.8 Å². The molecule has 108 valence electrons. The Hall–Kier alpha value is -2.08. The van der Waals surface area contributed by atoms with Gasteiger partial charge >= 0.3 is 0 Å². The Kier molecular flexibility index (Phi) is 3.79. The summed E-state index contributed by atoms with van der Waals surface area (Å²) in [6.45, 7) is 0.430. The van der Waals surface area contributed by atoms with Crippen LogP contribution in [-0.2, 0) is 6.42 Å². The smallest absolute Gasteiger partial charge is 0.255 e. The van der Waals surface area contributed by atoms with E-state index in [1.54, 1.807) is 12.3 Å². The molecule has 0 radical (unpaired) electrons. The number of benzene rings is 1. The van der Waals surface area contributed by atoms with Crippen molar-refractivity contribution < 1.29 is 9.53 Å². The number of halogens is 1. The molecule has 1 amide bonds. The molecule has 5 nitrogen and oxygen atoms in total. The van der Waals surface area contributed by atoms with Crippen LogP contribution in [-0.4, -0.2) is 23.5 Å². The summed E-state index contributed by atoms with van der Waals surface area (Å²) < 4.78 is 6.49. The van der Waals surface area contributed by atoms with Crippen LogP contribution in [0.15, 0.2) is 41.0 Å². The number of aromatic nitrogens is 1. The van der Waals surface area contributed by atoms with Crippen LogP contribution in [0, 0.1) is 0 Å². The maximum absolute atomic E-state index is 12.1. The maximum Gasteiger partial charge on any atom is 0.255 e. The van der Waals surface area contributed by atoms with Crippen molar-refractivity contribution in [1.82, 2.24) is 10.3 Å². The van der Waals surface area contributed by atoms with E-state index in [0.717, 1.165) is 12.2 Å². The number of carbonyl (C=O) groups is 1. The molecule has 0 fully saturated rings. The van der Waals surface area contributed by atoms with Crippen molar-refractivity contribution in [2.24, 2.45) is 0 Å². The molecule has 0 aliphatic carbocycles. The lowest BCUT2D eigenvalue weighted by Crippen LogP contribution is -2.34. The molecule has 0 spiro atoms. The number of fused-ring (bicyclic) bond motifs is 1. The van der Waals surface area contributed by atoms with Gasteiger partial charge in [-0.15, -0.1) is 0 Å². The van der Waals surface area contributed by atoms with Gasteiger partial charge in [-0.3, -0.25) is 4.79 Å². The van der Waals surface area contributed by atoms with E-state index in [1.807, 2.05) is 24.3 Å². The van der Waals surface area contributed by atoms with E-state index in [9.17, 15) is 4.79 Å². The third-order valence-electron chi connectivity index (χ3n) is 3.33. The monoisotopic (exact) mass is 347 g/mol. The van der Waals surface area contributed by atoms with E-state index in [-0.39, 0.29) is 17.8 Å². The number of nitrogens with two attached hydrogens (primary N) is 1. The number of para-hydroxylation sites is 1. The van der Waals surface area contributed by atoms with Gasteiger partial charge in [0.2, 0.25) is 0 Å². The van der Waals surface area contributed by atoms with Crippen LogP contribution in [0.5, 0.6) is 5.75 Å². The number of pyridine rings is 1. The number of anilines is 1. The molecule has 2 heterocycles. The van der Waals surface area contributed by atoms with Crippen LogP contribution in [0.2, 0.25) is 0 Å². The Labute approximate surface area is 130 Å². The van der Waals surface area contributed by atoms with E-state index in [1.165, 1.54) is 5.56 Å². The highest BCUT2D eigenvalue weighted by Crippen LogP contribution is 2.27. The summed E-state index contributed by atoms with van der Waals surface area (Å²) in [5.41, 5.74) is 7.25. The molecule has 1 aliphatic heterocycles. The van der Waals surface area contributed by atoms with Gasteiger partial charge in [-0.25, -0.2) is 4.98 Å². The molecule has 1 atom stereocenters. The molecule has 0 saturated heterocycles. The fourth-order valence-electron chi connectivity index (χ4n) is 2.30. The van der Waals surface area contributed by atoms with Crippen LogP contribution in [0.25, 0.3) is 0 Å². The standard InChI is InChI=1S/C15H14BrN3O2/c16-10-6-12(14(17)18-7-10)15(20)19-8-11-5-9-3-1-2-4-13(9)21-11/h1-4,6-7,11H,5,8H2,(H2,17,18)(H,19,20). The molecule has 1 aromatic heterocycles. The Morgan fingerprint density at radius 3 is 3.10 bits per heavy atom. The molecule has 1 unspecified atom stereocenters. The Balaban J connectivity index is 1.61. The van der Waals surface area contributed by atoms with Gasteiger partial charge in [0, 0.05) is 17.1 Å². The number of carbonyl (C=O) groups excluding carboxylic acids is 1. The molecule has 0 bridgehead atoms. The van der Waals surface area contributed by atoms with Gasteiger partial charge in [0.15, 0.2) is 0 Å². The fourth-order valence-corrected chi connectivity index (χ4v) is 2.63. The molecule has 1 aromatic carbocycles. The van der Waals surface area contributed by atoms with E-state index in [2.05, 4.69) is 26.2 Å². The van der Waals surface area contributed by atoms with Crippen LogP contribution in [0.3, 0.4) is 0 Å². The summed E-state index contributed by atoms with van der Waals surface area (Å²) in [6.07, 6.45) is 2.30. The second kappa shape index (κ2) is 5.73. The highest BCUT2D eigenvalue weighted by Gasteiger charge is 2.23. The summed E-state index contributed by atoms with van der Waals surface area (Å²) in [7, 11) is 0. The summed E-state index contributed by atoms with van der Waals surface area (Å²) in [6, 6.07) is 9.55. The predicted octanol–water partition coefficient (Wildman–Crippen LogP) is 2.16. The first-order chi connectivity index (χ1) is 10.1. The third-order valence-corrected chi connectivity index (χ3v) is 3.77. The van der Waals surface area contributed by atoms with Crippen molar-refractivity contribution in [3.8, 4) is 5.75 Å². The van der Waals surface area contributed by atoms with Crippen molar-refractivity contribution in [3.05, 3.63) is 52.1 Å². The van der Waals surface area contributed by atoms with Crippen molar-refractivity contribution in [1.29, 1.82) is 0 Å². The quantitative estimate of drug-likeness (QED) is 0.891. The average Bonchev–Trinajstić information content (AvgIpc) is 2.90. The number of hydrogen-bond donors (Lipinski definition) is 2. The lowest BCUT2D eigenvalue weighted by molar-refractivity contribution is 0.0934. The minimum absolute atomic E-state index is 0.0484.